The van der Waals surface area contributed by atoms with Crippen molar-refractivity contribution in [3.8, 4) is 17.5 Å². The molecule has 0 aliphatic carbocycles. The molecule has 6 heteroatoms. The van der Waals surface area contributed by atoms with Crippen molar-refractivity contribution in [1.82, 2.24) is 19.8 Å². The van der Waals surface area contributed by atoms with Crippen LogP contribution in [0.25, 0.3) is 28.0 Å². The first-order valence-corrected chi connectivity index (χ1v) is 8.12. The Morgan fingerprint density at radius 3 is 2.42 bits per heavy atom. The van der Waals surface area contributed by atoms with E-state index in [4.69, 9.17) is 0 Å². The van der Waals surface area contributed by atoms with E-state index in [1.807, 2.05) is 66.7 Å². The van der Waals surface area contributed by atoms with Crippen LogP contribution >= 0.6 is 11.3 Å². The van der Waals surface area contributed by atoms with Gasteiger partial charge in [0, 0.05) is 5.56 Å². The lowest BCUT2D eigenvalue weighted by Gasteiger charge is -1.96. The number of hydrogen-bond donors (Lipinski definition) is 0. The maximum absolute atomic E-state index is 9.49. The normalized spacial score (nSPS) is 11.5. The van der Waals surface area contributed by atoms with Crippen molar-refractivity contribution in [2.45, 2.75) is 0 Å². The molecule has 0 atom stereocenters. The third-order valence-electron chi connectivity index (χ3n) is 3.48. The first-order chi connectivity index (χ1) is 11.8. The summed E-state index contributed by atoms with van der Waals surface area (Å²) in [5.41, 5.74) is 2.41. The number of aromatic nitrogens is 4. The zero-order valence-electron chi connectivity index (χ0n) is 12.5. The molecule has 0 amide bonds. The lowest BCUT2D eigenvalue weighted by Crippen LogP contribution is -1.91. The van der Waals surface area contributed by atoms with Crippen LogP contribution < -0.4 is 0 Å². The summed E-state index contributed by atoms with van der Waals surface area (Å²) < 4.78 is 1.69. The minimum Gasteiger partial charge on any atom is -0.192 e. The van der Waals surface area contributed by atoms with Gasteiger partial charge in [-0.1, -0.05) is 72.0 Å². The Bertz CT molecular complexity index is 1060. The molecule has 114 valence electrons. The van der Waals surface area contributed by atoms with Gasteiger partial charge in [0.25, 0.3) is 0 Å². The van der Waals surface area contributed by atoms with E-state index in [1.165, 1.54) is 11.3 Å². The van der Waals surface area contributed by atoms with Crippen LogP contribution in [0.4, 0.5) is 0 Å². The summed E-state index contributed by atoms with van der Waals surface area (Å²) in [5, 5.41) is 23.0. The lowest BCUT2D eigenvalue weighted by molar-refractivity contribution is 0.957. The first kappa shape index (κ1) is 14.3. The van der Waals surface area contributed by atoms with Crippen molar-refractivity contribution in [1.29, 1.82) is 5.26 Å². The van der Waals surface area contributed by atoms with E-state index in [1.54, 1.807) is 4.52 Å². The van der Waals surface area contributed by atoms with E-state index < -0.39 is 0 Å². The van der Waals surface area contributed by atoms with Gasteiger partial charge < -0.3 is 0 Å². The molecule has 0 saturated heterocycles. The van der Waals surface area contributed by atoms with E-state index in [0.29, 0.717) is 21.4 Å². The maximum Gasteiger partial charge on any atom is 0.235 e. The smallest absolute Gasteiger partial charge is 0.192 e. The number of rotatable bonds is 3. The molecule has 0 N–H and O–H groups in total. The summed E-state index contributed by atoms with van der Waals surface area (Å²) in [5.74, 6) is 0.671. The molecular formula is C18H11N5S. The Morgan fingerprint density at radius 1 is 1.00 bits per heavy atom. The van der Waals surface area contributed by atoms with Crippen molar-refractivity contribution in [3.05, 3.63) is 71.2 Å². The molecule has 0 bridgehead atoms. The summed E-state index contributed by atoms with van der Waals surface area (Å²) in [4.78, 5) is 0.665. The molecule has 5 nitrogen and oxygen atoms in total. The van der Waals surface area contributed by atoms with Crippen molar-refractivity contribution >= 4 is 27.9 Å². The average Bonchev–Trinajstić information content (AvgIpc) is 3.22. The molecule has 4 aromatic rings. The van der Waals surface area contributed by atoms with Gasteiger partial charge in [-0.3, -0.25) is 0 Å². The topological polar surface area (TPSA) is 66.9 Å². The summed E-state index contributed by atoms with van der Waals surface area (Å²) in [6.45, 7) is 0. The van der Waals surface area contributed by atoms with Gasteiger partial charge in [-0.15, -0.1) is 10.2 Å². The largest absolute Gasteiger partial charge is 0.235 e. The number of nitrogens with zero attached hydrogens (tertiary/aromatic N) is 5. The van der Waals surface area contributed by atoms with E-state index >= 15 is 0 Å². The number of benzene rings is 2. The predicted molar refractivity (Wildman–Crippen MR) is 94.0 cm³/mol. The standard InChI is InChI=1S/C18H11N5S/c19-12-15(11-13-7-3-1-4-8-13)17-22-23-16(20-21-18(23)24-17)14-9-5-2-6-10-14/h1-11H. The van der Waals surface area contributed by atoms with Crippen LogP contribution in [-0.2, 0) is 0 Å². The molecule has 0 unspecified atom stereocenters. The fraction of sp³-hybridized carbons (Fsp3) is 0. The highest BCUT2D eigenvalue weighted by Gasteiger charge is 2.15. The summed E-state index contributed by atoms with van der Waals surface area (Å²) in [6.07, 6.45) is 1.83. The maximum atomic E-state index is 9.49. The monoisotopic (exact) mass is 329 g/mol. The van der Waals surface area contributed by atoms with Crippen LogP contribution in [0.5, 0.6) is 0 Å². The molecule has 2 aromatic heterocycles. The molecule has 0 fully saturated rings. The van der Waals surface area contributed by atoms with Gasteiger partial charge in [-0.25, -0.2) is 0 Å². The Morgan fingerprint density at radius 2 is 1.71 bits per heavy atom. The van der Waals surface area contributed by atoms with Crippen LogP contribution in [0.15, 0.2) is 60.7 Å². The highest BCUT2D eigenvalue weighted by atomic mass is 32.1. The minimum absolute atomic E-state index is 0.510. The number of nitriles is 1. The van der Waals surface area contributed by atoms with Gasteiger partial charge >= 0.3 is 0 Å². The lowest BCUT2D eigenvalue weighted by atomic mass is 10.1. The van der Waals surface area contributed by atoms with Crippen LogP contribution in [-0.4, -0.2) is 19.8 Å². The van der Waals surface area contributed by atoms with Crippen molar-refractivity contribution in [3.63, 3.8) is 0 Å². The second-order valence-corrected chi connectivity index (χ2v) is 6.03. The van der Waals surface area contributed by atoms with E-state index in [2.05, 4.69) is 21.4 Å². The minimum atomic E-state index is 0.510. The number of allylic oxidation sites excluding steroid dienone is 1. The van der Waals surface area contributed by atoms with Gasteiger partial charge in [0.05, 0.1) is 5.57 Å². The third kappa shape index (κ3) is 2.57. The van der Waals surface area contributed by atoms with Crippen LogP contribution in [0, 0.1) is 11.3 Å². The van der Waals surface area contributed by atoms with E-state index in [9.17, 15) is 5.26 Å². The second kappa shape index (κ2) is 6.07. The molecule has 2 heterocycles. The SMILES string of the molecule is N#CC(=Cc1ccccc1)c1nn2c(-c3ccccc3)nnc2s1. The molecule has 24 heavy (non-hydrogen) atoms. The highest BCUT2D eigenvalue weighted by Crippen LogP contribution is 2.26. The third-order valence-corrected chi connectivity index (χ3v) is 4.42. The Balaban J connectivity index is 1.80. The Labute approximate surface area is 142 Å². The molecule has 0 spiro atoms. The van der Waals surface area contributed by atoms with Crippen molar-refractivity contribution in [2.24, 2.45) is 0 Å². The molecule has 0 saturated carbocycles. The average molecular weight is 329 g/mol. The van der Waals surface area contributed by atoms with Crippen LogP contribution in [0.2, 0.25) is 0 Å². The van der Waals surface area contributed by atoms with Gasteiger partial charge in [0.15, 0.2) is 10.8 Å². The van der Waals surface area contributed by atoms with Gasteiger partial charge in [-0.2, -0.15) is 14.9 Å². The fourth-order valence-corrected chi connectivity index (χ4v) is 3.16. The zero-order valence-corrected chi connectivity index (χ0v) is 13.3. The molecule has 0 aliphatic rings. The number of hydrogen-bond acceptors (Lipinski definition) is 5. The van der Waals surface area contributed by atoms with Gasteiger partial charge in [0.1, 0.15) is 6.07 Å². The van der Waals surface area contributed by atoms with Gasteiger partial charge in [-0.05, 0) is 11.6 Å². The van der Waals surface area contributed by atoms with Gasteiger partial charge in [0.2, 0.25) is 4.96 Å². The molecule has 0 aliphatic heterocycles. The van der Waals surface area contributed by atoms with Crippen LogP contribution in [0.1, 0.15) is 10.6 Å². The van der Waals surface area contributed by atoms with Crippen molar-refractivity contribution in [2.75, 3.05) is 0 Å². The summed E-state index contributed by atoms with van der Waals surface area (Å²) >= 11 is 1.35. The summed E-state index contributed by atoms with van der Waals surface area (Å²) in [6, 6.07) is 21.7. The fourth-order valence-electron chi connectivity index (χ4n) is 2.35. The highest BCUT2D eigenvalue weighted by molar-refractivity contribution is 7.17. The molecular weight excluding hydrogens is 318 g/mol. The number of fused-ring (bicyclic) bond motifs is 1. The molecule has 4 rings (SSSR count). The summed E-state index contributed by atoms with van der Waals surface area (Å²) in [7, 11) is 0. The van der Waals surface area contributed by atoms with E-state index in [0.717, 1.165) is 11.1 Å². The zero-order chi connectivity index (χ0) is 16.4. The first-order valence-electron chi connectivity index (χ1n) is 7.30. The van der Waals surface area contributed by atoms with Crippen LogP contribution in [0.3, 0.4) is 0 Å². The van der Waals surface area contributed by atoms with Crippen molar-refractivity contribution < 1.29 is 0 Å². The quantitative estimate of drug-likeness (QED) is 0.534. The Hall–Kier alpha value is -3.30. The predicted octanol–water partition coefficient (Wildman–Crippen LogP) is 3.92. The second-order valence-electron chi connectivity index (χ2n) is 5.07. The molecule has 2 aromatic carbocycles. The molecule has 0 radical (unpaired) electrons. The van der Waals surface area contributed by atoms with E-state index in [-0.39, 0.29) is 0 Å². The Kier molecular flexibility index (Phi) is 3.61.